The number of aromatic nitrogens is 3. The van der Waals surface area contributed by atoms with Crippen molar-refractivity contribution in [2.75, 3.05) is 5.43 Å². The zero-order valence-electron chi connectivity index (χ0n) is 10.5. The number of hydrogen-bond donors (Lipinski definition) is 2. The molecule has 18 heavy (non-hydrogen) atoms. The van der Waals surface area contributed by atoms with Crippen LogP contribution in [0.2, 0.25) is 0 Å². The second-order valence-electron chi connectivity index (χ2n) is 4.06. The number of nitrogens with zero attached hydrogens (tertiary/aromatic N) is 3. The van der Waals surface area contributed by atoms with E-state index < -0.39 is 0 Å². The van der Waals surface area contributed by atoms with Gasteiger partial charge in [0, 0.05) is 23.1 Å². The summed E-state index contributed by atoms with van der Waals surface area (Å²) < 4.78 is 0.967. The molecule has 96 valence electrons. The predicted molar refractivity (Wildman–Crippen MR) is 74.9 cm³/mol. The van der Waals surface area contributed by atoms with E-state index in [2.05, 4.69) is 34.2 Å². The standard InChI is InChI=1S/C11H15N5S2/c1-6(2)8-14-9(16-12)7(3)10(15-8)18-11-13-4-5-17-11/h4-6H,12H2,1-3H3,(H,14,15,16). The van der Waals surface area contributed by atoms with E-state index in [-0.39, 0.29) is 5.92 Å². The van der Waals surface area contributed by atoms with Gasteiger partial charge >= 0.3 is 0 Å². The summed E-state index contributed by atoms with van der Waals surface area (Å²) in [5.41, 5.74) is 3.58. The maximum atomic E-state index is 5.50. The molecule has 0 aliphatic carbocycles. The molecule has 0 unspecified atom stereocenters. The fourth-order valence-corrected chi connectivity index (χ4v) is 2.98. The molecule has 2 aromatic rings. The Hall–Kier alpha value is -1.18. The second kappa shape index (κ2) is 5.64. The van der Waals surface area contributed by atoms with Gasteiger partial charge in [0.2, 0.25) is 0 Å². The third-order valence-electron chi connectivity index (χ3n) is 2.37. The van der Waals surface area contributed by atoms with Gasteiger partial charge in [0.1, 0.15) is 16.7 Å². The number of nitrogens with two attached hydrogens (primary N) is 1. The van der Waals surface area contributed by atoms with Crippen LogP contribution < -0.4 is 11.3 Å². The summed E-state index contributed by atoms with van der Waals surface area (Å²) >= 11 is 3.14. The maximum absolute atomic E-state index is 5.50. The Morgan fingerprint density at radius 1 is 1.39 bits per heavy atom. The van der Waals surface area contributed by atoms with Gasteiger partial charge in [0.15, 0.2) is 4.34 Å². The Kier molecular flexibility index (Phi) is 4.15. The molecule has 0 amide bonds. The van der Waals surface area contributed by atoms with E-state index in [0.29, 0.717) is 5.82 Å². The van der Waals surface area contributed by atoms with Gasteiger partial charge in [0.05, 0.1) is 0 Å². The average molecular weight is 281 g/mol. The van der Waals surface area contributed by atoms with Crippen molar-refractivity contribution in [1.29, 1.82) is 0 Å². The van der Waals surface area contributed by atoms with Crippen LogP contribution in [0.5, 0.6) is 0 Å². The van der Waals surface area contributed by atoms with E-state index in [1.807, 2.05) is 12.3 Å². The number of hydrogen-bond acceptors (Lipinski definition) is 7. The molecule has 2 heterocycles. The molecular weight excluding hydrogens is 266 g/mol. The van der Waals surface area contributed by atoms with Crippen molar-refractivity contribution in [2.45, 2.75) is 36.1 Å². The summed E-state index contributed by atoms with van der Waals surface area (Å²) in [5, 5.41) is 2.85. The number of nitrogen functional groups attached to an aromatic ring is 1. The first-order valence-electron chi connectivity index (χ1n) is 5.54. The highest BCUT2D eigenvalue weighted by Gasteiger charge is 2.14. The van der Waals surface area contributed by atoms with E-state index in [0.717, 1.165) is 20.8 Å². The predicted octanol–water partition coefficient (Wildman–Crippen LogP) is 2.80. The van der Waals surface area contributed by atoms with Gasteiger partial charge in [0.25, 0.3) is 0 Å². The van der Waals surface area contributed by atoms with Crippen molar-refractivity contribution in [3.8, 4) is 0 Å². The lowest BCUT2D eigenvalue weighted by molar-refractivity contribution is 0.749. The molecule has 0 saturated heterocycles. The molecule has 0 aliphatic heterocycles. The van der Waals surface area contributed by atoms with Gasteiger partial charge in [-0.2, -0.15) is 0 Å². The Bertz CT molecular complexity index is 524. The molecule has 3 N–H and O–H groups in total. The first kappa shape index (κ1) is 13.3. The first-order chi connectivity index (χ1) is 8.61. The highest BCUT2D eigenvalue weighted by atomic mass is 32.2. The van der Waals surface area contributed by atoms with Crippen LogP contribution in [0.15, 0.2) is 20.9 Å². The van der Waals surface area contributed by atoms with Crippen LogP contribution >= 0.6 is 23.1 Å². The van der Waals surface area contributed by atoms with Crippen LogP contribution in [0.4, 0.5) is 5.82 Å². The largest absolute Gasteiger partial charge is 0.308 e. The van der Waals surface area contributed by atoms with E-state index >= 15 is 0 Å². The molecule has 0 fully saturated rings. The number of thiazole rings is 1. The molecule has 7 heteroatoms. The molecule has 0 saturated carbocycles. The molecule has 0 aromatic carbocycles. The molecule has 2 aromatic heterocycles. The number of anilines is 1. The third kappa shape index (κ3) is 2.80. The second-order valence-corrected chi connectivity index (χ2v) is 6.19. The lowest BCUT2D eigenvalue weighted by atomic mass is 10.2. The van der Waals surface area contributed by atoms with E-state index in [9.17, 15) is 0 Å². The first-order valence-corrected chi connectivity index (χ1v) is 7.24. The highest BCUT2D eigenvalue weighted by Crippen LogP contribution is 2.33. The van der Waals surface area contributed by atoms with Gasteiger partial charge in [-0.25, -0.2) is 20.8 Å². The maximum Gasteiger partial charge on any atom is 0.156 e. The van der Waals surface area contributed by atoms with Crippen molar-refractivity contribution >= 4 is 28.9 Å². The Balaban J connectivity index is 2.41. The van der Waals surface area contributed by atoms with Crippen molar-refractivity contribution in [3.05, 3.63) is 23.0 Å². The normalized spacial score (nSPS) is 10.9. The topological polar surface area (TPSA) is 76.7 Å². The lowest BCUT2D eigenvalue weighted by Crippen LogP contribution is -2.13. The van der Waals surface area contributed by atoms with Crippen LogP contribution in [0.25, 0.3) is 0 Å². The summed E-state index contributed by atoms with van der Waals surface area (Å²) in [4.78, 5) is 13.2. The molecule has 0 bridgehead atoms. The van der Waals surface area contributed by atoms with E-state index in [1.54, 1.807) is 29.3 Å². The van der Waals surface area contributed by atoms with Crippen LogP contribution in [-0.4, -0.2) is 15.0 Å². The van der Waals surface area contributed by atoms with Crippen molar-refractivity contribution in [1.82, 2.24) is 15.0 Å². The number of nitrogens with one attached hydrogen (secondary N) is 1. The molecule has 0 atom stereocenters. The van der Waals surface area contributed by atoms with Crippen LogP contribution in [0.3, 0.4) is 0 Å². The molecule has 0 aliphatic rings. The zero-order valence-corrected chi connectivity index (χ0v) is 12.1. The van der Waals surface area contributed by atoms with Gasteiger partial charge in [-0.05, 0) is 18.7 Å². The summed E-state index contributed by atoms with van der Waals surface area (Å²) in [5.74, 6) is 7.22. The smallest absolute Gasteiger partial charge is 0.156 e. The van der Waals surface area contributed by atoms with Gasteiger partial charge in [-0.3, -0.25) is 0 Å². The van der Waals surface area contributed by atoms with Crippen molar-refractivity contribution < 1.29 is 0 Å². The fourth-order valence-electron chi connectivity index (χ4n) is 1.35. The molecule has 5 nitrogen and oxygen atoms in total. The van der Waals surface area contributed by atoms with Crippen LogP contribution in [-0.2, 0) is 0 Å². The summed E-state index contributed by atoms with van der Waals surface area (Å²) in [6.07, 6.45) is 1.79. The average Bonchev–Trinajstić information content (AvgIpc) is 2.84. The quantitative estimate of drug-likeness (QED) is 0.510. The number of rotatable bonds is 4. The minimum absolute atomic E-state index is 0.258. The van der Waals surface area contributed by atoms with Crippen molar-refractivity contribution in [2.24, 2.45) is 5.84 Å². The minimum atomic E-state index is 0.258. The Labute approximate surface area is 114 Å². The minimum Gasteiger partial charge on any atom is -0.308 e. The van der Waals surface area contributed by atoms with Gasteiger partial charge in [-0.1, -0.05) is 13.8 Å². The SMILES string of the molecule is Cc1c(NN)nc(C(C)C)nc1Sc1nccs1. The van der Waals surface area contributed by atoms with Crippen molar-refractivity contribution in [3.63, 3.8) is 0 Å². The van der Waals surface area contributed by atoms with Crippen LogP contribution in [0.1, 0.15) is 31.2 Å². The van der Waals surface area contributed by atoms with Gasteiger partial charge < -0.3 is 5.43 Å². The summed E-state index contributed by atoms with van der Waals surface area (Å²) in [6, 6.07) is 0. The van der Waals surface area contributed by atoms with E-state index in [4.69, 9.17) is 5.84 Å². The zero-order chi connectivity index (χ0) is 13.1. The monoisotopic (exact) mass is 281 g/mol. The van der Waals surface area contributed by atoms with E-state index in [1.165, 1.54) is 0 Å². The number of hydrazine groups is 1. The molecule has 0 spiro atoms. The summed E-state index contributed by atoms with van der Waals surface area (Å²) in [7, 11) is 0. The summed E-state index contributed by atoms with van der Waals surface area (Å²) in [6.45, 7) is 6.07. The molecular formula is C11H15N5S2. The Morgan fingerprint density at radius 3 is 2.72 bits per heavy atom. The fraction of sp³-hybridized carbons (Fsp3) is 0.364. The molecule has 0 radical (unpaired) electrons. The van der Waals surface area contributed by atoms with Gasteiger partial charge in [-0.15, -0.1) is 11.3 Å². The van der Waals surface area contributed by atoms with Crippen LogP contribution in [0, 0.1) is 6.92 Å². The highest BCUT2D eigenvalue weighted by molar-refractivity contribution is 8.01. The Morgan fingerprint density at radius 2 is 2.17 bits per heavy atom. The molecule has 2 rings (SSSR count). The third-order valence-corrected chi connectivity index (χ3v) is 4.34. The lowest BCUT2D eigenvalue weighted by Gasteiger charge is -2.12.